The molecule has 36 heavy (non-hydrogen) atoms. The fourth-order valence-electron chi connectivity index (χ4n) is 4.36. The van der Waals surface area contributed by atoms with Crippen LogP contribution in [0.4, 0.5) is 13.2 Å². The highest BCUT2D eigenvalue weighted by molar-refractivity contribution is 5.98. The average molecular weight is 498 g/mol. The number of esters is 1. The predicted octanol–water partition coefficient (Wildman–Crippen LogP) is 5.52. The SMILES string of the molecule is CCOC(=O)Cn1cc(-c2ccc(C(F)(F)F)cc2CN(CC)C(=O)C2CC2)c2cc(C#N)ccc21. The molecule has 0 spiro atoms. The molecule has 0 saturated heterocycles. The van der Waals surface area contributed by atoms with E-state index in [9.17, 15) is 28.0 Å². The fourth-order valence-corrected chi connectivity index (χ4v) is 4.36. The zero-order valence-electron chi connectivity index (χ0n) is 20.1. The van der Waals surface area contributed by atoms with Crippen LogP contribution in [-0.4, -0.2) is 34.5 Å². The molecule has 0 unspecified atom stereocenters. The van der Waals surface area contributed by atoms with E-state index >= 15 is 0 Å². The summed E-state index contributed by atoms with van der Waals surface area (Å²) in [5.74, 6) is -0.577. The summed E-state index contributed by atoms with van der Waals surface area (Å²) in [6.07, 6.45) is -1.27. The highest BCUT2D eigenvalue weighted by atomic mass is 19.4. The van der Waals surface area contributed by atoms with E-state index in [4.69, 9.17) is 4.74 Å². The Labute approximate surface area is 206 Å². The third-order valence-electron chi connectivity index (χ3n) is 6.32. The number of nitrogens with zero attached hydrogens (tertiary/aromatic N) is 3. The van der Waals surface area contributed by atoms with Crippen molar-refractivity contribution in [2.24, 2.45) is 5.92 Å². The zero-order valence-corrected chi connectivity index (χ0v) is 20.1. The molecule has 0 bridgehead atoms. The van der Waals surface area contributed by atoms with E-state index in [1.165, 1.54) is 6.07 Å². The lowest BCUT2D eigenvalue weighted by Gasteiger charge is -2.23. The number of alkyl halides is 3. The molecule has 1 aliphatic rings. The van der Waals surface area contributed by atoms with Gasteiger partial charge in [-0.15, -0.1) is 0 Å². The first-order chi connectivity index (χ1) is 17.2. The number of carbonyl (C=O) groups excluding carboxylic acids is 2. The molecule has 188 valence electrons. The van der Waals surface area contributed by atoms with Crippen LogP contribution in [0.1, 0.15) is 43.4 Å². The molecule has 1 saturated carbocycles. The Morgan fingerprint density at radius 2 is 1.89 bits per heavy atom. The van der Waals surface area contributed by atoms with E-state index in [0.29, 0.717) is 39.7 Å². The van der Waals surface area contributed by atoms with Gasteiger partial charge in [0.05, 0.1) is 23.8 Å². The lowest BCUT2D eigenvalue weighted by molar-refractivity contribution is -0.143. The maximum atomic E-state index is 13.6. The van der Waals surface area contributed by atoms with E-state index < -0.39 is 17.7 Å². The summed E-state index contributed by atoms with van der Waals surface area (Å²) in [5, 5.41) is 10.1. The van der Waals surface area contributed by atoms with Crippen molar-refractivity contribution < 1.29 is 27.5 Å². The summed E-state index contributed by atoms with van der Waals surface area (Å²) in [6, 6.07) is 10.6. The molecule has 1 amide bonds. The van der Waals surface area contributed by atoms with Gasteiger partial charge in [-0.2, -0.15) is 18.4 Å². The second-order valence-electron chi connectivity index (χ2n) is 8.82. The molecule has 1 aromatic heterocycles. The largest absolute Gasteiger partial charge is 0.465 e. The van der Waals surface area contributed by atoms with Crippen molar-refractivity contribution in [1.29, 1.82) is 5.26 Å². The van der Waals surface area contributed by atoms with Crippen LogP contribution in [0.15, 0.2) is 42.6 Å². The molecule has 3 aromatic rings. The Balaban J connectivity index is 1.87. The third kappa shape index (κ3) is 5.23. The van der Waals surface area contributed by atoms with Gasteiger partial charge in [0.2, 0.25) is 5.91 Å². The second-order valence-corrected chi connectivity index (χ2v) is 8.82. The van der Waals surface area contributed by atoms with E-state index in [1.54, 1.807) is 47.7 Å². The summed E-state index contributed by atoms with van der Waals surface area (Å²) in [7, 11) is 0. The minimum atomic E-state index is -4.54. The van der Waals surface area contributed by atoms with Gasteiger partial charge in [0.1, 0.15) is 6.54 Å². The van der Waals surface area contributed by atoms with Crippen LogP contribution < -0.4 is 0 Å². The van der Waals surface area contributed by atoms with Crippen molar-refractivity contribution in [2.45, 2.75) is 46.0 Å². The molecule has 6 nitrogen and oxygen atoms in total. The monoisotopic (exact) mass is 497 g/mol. The molecule has 0 N–H and O–H groups in total. The van der Waals surface area contributed by atoms with Gasteiger partial charge < -0.3 is 14.2 Å². The maximum absolute atomic E-state index is 13.6. The summed E-state index contributed by atoms with van der Waals surface area (Å²) in [6.45, 7) is 4.02. The van der Waals surface area contributed by atoms with Gasteiger partial charge in [-0.05, 0) is 68.1 Å². The number of nitriles is 1. The summed E-state index contributed by atoms with van der Waals surface area (Å²) >= 11 is 0. The van der Waals surface area contributed by atoms with E-state index in [1.807, 2.05) is 0 Å². The van der Waals surface area contributed by atoms with Crippen molar-refractivity contribution in [3.8, 4) is 17.2 Å². The first-order valence-corrected chi connectivity index (χ1v) is 11.8. The number of fused-ring (bicyclic) bond motifs is 1. The lowest BCUT2D eigenvalue weighted by Crippen LogP contribution is -2.31. The highest BCUT2D eigenvalue weighted by Gasteiger charge is 2.34. The number of ether oxygens (including phenoxy) is 1. The molecular formula is C27H26F3N3O3. The molecule has 2 aromatic carbocycles. The Morgan fingerprint density at radius 3 is 2.50 bits per heavy atom. The highest BCUT2D eigenvalue weighted by Crippen LogP contribution is 2.38. The predicted molar refractivity (Wildman–Crippen MR) is 128 cm³/mol. The van der Waals surface area contributed by atoms with E-state index in [0.717, 1.165) is 25.0 Å². The van der Waals surface area contributed by atoms with Crippen LogP contribution in [0, 0.1) is 17.2 Å². The minimum Gasteiger partial charge on any atom is -0.465 e. The average Bonchev–Trinajstić information content (AvgIpc) is 3.64. The molecule has 9 heteroatoms. The quantitative estimate of drug-likeness (QED) is 0.384. The van der Waals surface area contributed by atoms with Gasteiger partial charge in [-0.25, -0.2) is 0 Å². The second kappa shape index (κ2) is 10.1. The van der Waals surface area contributed by atoms with Gasteiger partial charge in [-0.3, -0.25) is 9.59 Å². The number of benzene rings is 2. The van der Waals surface area contributed by atoms with Crippen molar-refractivity contribution in [3.05, 3.63) is 59.3 Å². The Kier molecular flexibility index (Phi) is 7.07. The summed E-state index contributed by atoms with van der Waals surface area (Å²) < 4.78 is 47.6. The topological polar surface area (TPSA) is 75.3 Å². The number of aromatic nitrogens is 1. The number of halogens is 3. The van der Waals surface area contributed by atoms with Crippen LogP contribution in [0.2, 0.25) is 0 Å². The lowest BCUT2D eigenvalue weighted by atomic mass is 9.95. The van der Waals surface area contributed by atoms with Crippen LogP contribution in [0.5, 0.6) is 0 Å². The zero-order chi connectivity index (χ0) is 26.0. The van der Waals surface area contributed by atoms with Crippen LogP contribution in [0.25, 0.3) is 22.0 Å². The molecular weight excluding hydrogens is 471 g/mol. The number of hydrogen-bond donors (Lipinski definition) is 0. The normalized spacial score (nSPS) is 13.4. The van der Waals surface area contributed by atoms with Crippen molar-refractivity contribution in [3.63, 3.8) is 0 Å². The molecule has 0 radical (unpaired) electrons. The van der Waals surface area contributed by atoms with E-state index in [-0.39, 0.29) is 31.5 Å². The number of carbonyl (C=O) groups is 2. The standard InChI is InChI=1S/C27H26F3N3O3/c1-3-32(26(35)18-6-7-18)14-19-12-20(27(28,29)30)8-9-21(19)23-15-33(16-25(34)36-4-2)24-10-5-17(13-31)11-22(23)24/h5,8-12,15,18H,3-4,6-7,14,16H2,1-2H3. The molecule has 0 aliphatic heterocycles. The van der Waals surface area contributed by atoms with Gasteiger partial charge in [0.15, 0.2) is 0 Å². The molecule has 1 aliphatic carbocycles. The Bertz CT molecular complexity index is 1350. The van der Waals surface area contributed by atoms with Crippen LogP contribution in [0.3, 0.4) is 0 Å². The summed E-state index contributed by atoms with van der Waals surface area (Å²) in [5.41, 5.74) is 1.65. The molecule has 1 fully saturated rings. The number of hydrogen-bond acceptors (Lipinski definition) is 4. The minimum absolute atomic E-state index is 0.0214. The van der Waals surface area contributed by atoms with Gasteiger partial charge in [-0.1, -0.05) is 6.07 Å². The maximum Gasteiger partial charge on any atom is 0.416 e. The van der Waals surface area contributed by atoms with E-state index in [2.05, 4.69) is 6.07 Å². The van der Waals surface area contributed by atoms with Gasteiger partial charge >= 0.3 is 12.1 Å². The van der Waals surface area contributed by atoms with Crippen LogP contribution in [-0.2, 0) is 33.6 Å². The molecule has 1 heterocycles. The van der Waals surface area contributed by atoms with Gasteiger partial charge in [0, 0.05) is 41.7 Å². The molecule has 0 atom stereocenters. The summed E-state index contributed by atoms with van der Waals surface area (Å²) in [4.78, 5) is 26.6. The smallest absolute Gasteiger partial charge is 0.416 e. The molecule has 4 rings (SSSR count). The van der Waals surface area contributed by atoms with Crippen molar-refractivity contribution in [1.82, 2.24) is 9.47 Å². The van der Waals surface area contributed by atoms with Crippen molar-refractivity contribution in [2.75, 3.05) is 13.2 Å². The Hall–Kier alpha value is -3.80. The third-order valence-corrected chi connectivity index (χ3v) is 6.32. The van der Waals surface area contributed by atoms with Crippen LogP contribution >= 0.6 is 0 Å². The van der Waals surface area contributed by atoms with Crippen molar-refractivity contribution >= 4 is 22.8 Å². The first kappa shape index (κ1) is 25.3. The fraction of sp³-hybridized carbons (Fsp3) is 0.370. The number of amides is 1. The number of rotatable bonds is 8. The Morgan fingerprint density at radius 1 is 1.14 bits per heavy atom. The van der Waals surface area contributed by atoms with Gasteiger partial charge in [0.25, 0.3) is 0 Å². The first-order valence-electron chi connectivity index (χ1n) is 11.8.